The van der Waals surface area contributed by atoms with Crippen LogP contribution in [-0.4, -0.2) is 26.9 Å². The molecule has 1 heterocycles. The second-order valence-corrected chi connectivity index (χ2v) is 4.46. The van der Waals surface area contributed by atoms with Gasteiger partial charge in [-0.2, -0.15) is 5.10 Å². The van der Waals surface area contributed by atoms with Crippen LogP contribution in [0.2, 0.25) is 0 Å². The van der Waals surface area contributed by atoms with Crippen molar-refractivity contribution in [2.75, 3.05) is 0 Å². The van der Waals surface area contributed by atoms with E-state index in [-0.39, 0.29) is 12.5 Å². The first-order valence-corrected chi connectivity index (χ1v) is 6.20. The summed E-state index contributed by atoms with van der Waals surface area (Å²) in [5.74, 6) is -0.791. The van der Waals surface area contributed by atoms with Crippen molar-refractivity contribution in [3.05, 3.63) is 48.3 Å². The molecule has 5 nitrogen and oxygen atoms in total. The van der Waals surface area contributed by atoms with Gasteiger partial charge in [0.15, 0.2) is 0 Å². The zero-order valence-corrected chi connectivity index (χ0v) is 10.8. The molecule has 0 saturated carbocycles. The Labute approximate surface area is 111 Å². The van der Waals surface area contributed by atoms with Gasteiger partial charge in [0.2, 0.25) is 0 Å². The van der Waals surface area contributed by atoms with Gasteiger partial charge in [-0.15, -0.1) is 0 Å². The maximum Gasteiger partial charge on any atom is 0.304 e. The van der Waals surface area contributed by atoms with E-state index in [0.29, 0.717) is 6.54 Å². The highest BCUT2D eigenvalue weighted by molar-refractivity contribution is 5.67. The summed E-state index contributed by atoms with van der Waals surface area (Å²) in [7, 11) is 0. The highest BCUT2D eigenvalue weighted by Gasteiger charge is 2.09. The topological polar surface area (TPSA) is 67.2 Å². The number of aliphatic carboxylic acids is 1. The summed E-state index contributed by atoms with van der Waals surface area (Å²) in [6.07, 6.45) is 3.74. The molecule has 0 aliphatic heterocycles. The Bertz CT molecular complexity index is 537. The van der Waals surface area contributed by atoms with Crippen LogP contribution in [0.25, 0.3) is 5.69 Å². The second kappa shape index (κ2) is 6.15. The third-order valence-corrected chi connectivity index (χ3v) is 2.86. The monoisotopic (exact) mass is 259 g/mol. The Morgan fingerprint density at radius 1 is 1.42 bits per heavy atom. The van der Waals surface area contributed by atoms with Crippen molar-refractivity contribution in [3.8, 4) is 5.69 Å². The minimum Gasteiger partial charge on any atom is -0.481 e. The highest BCUT2D eigenvalue weighted by atomic mass is 16.4. The molecule has 0 aliphatic rings. The number of carboxylic acid groups (broad SMARTS) is 1. The molecule has 2 N–H and O–H groups in total. The summed E-state index contributed by atoms with van der Waals surface area (Å²) in [4.78, 5) is 10.6. The zero-order chi connectivity index (χ0) is 13.7. The number of carboxylic acids is 1. The van der Waals surface area contributed by atoms with Gasteiger partial charge in [-0.1, -0.05) is 18.2 Å². The summed E-state index contributed by atoms with van der Waals surface area (Å²) in [5.41, 5.74) is 2.09. The van der Waals surface area contributed by atoms with E-state index in [9.17, 15) is 4.79 Å². The van der Waals surface area contributed by atoms with Gasteiger partial charge in [0.25, 0.3) is 0 Å². The van der Waals surface area contributed by atoms with E-state index in [2.05, 4.69) is 10.4 Å². The number of hydrogen-bond acceptors (Lipinski definition) is 3. The molecule has 100 valence electrons. The largest absolute Gasteiger partial charge is 0.481 e. The van der Waals surface area contributed by atoms with Crippen LogP contribution >= 0.6 is 0 Å². The molecule has 0 radical (unpaired) electrons. The van der Waals surface area contributed by atoms with E-state index in [0.717, 1.165) is 11.3 Å². The second-order valence-electron chi connectivity index (χ2n) is 4.46. The van der Waals surface area contributed by atoms with Gasteiger partial charge in [0.1, 0.15) is 0 Å². The van der Waals surface area contributed by atoms with Gasteiger partial charge in [0, 0.05) is 25.0 Å². The predicted octanol–water partition coefficient (Wildman–Crippen LogP) is 1.83. The van der Waals surface area contributed by atoms with Crippen molar-refractivity contribution in [1.82, 2.24) is 15.1 Å². The lowest BCUT2D eigenvalue weighted by atomic mass is 10.1. The Balaban J connectivity index is 2.07. The quantitative estimate of drug-likeness (QED) is 0.830. The standard InChI is InChI=1S/C14H17N3O2/c1-11(9-14(18)19)15-10-12-5-2-3-6-13(12)17-8-4-7-16-17/h2-8,11,15H,9-10H2,1H3,(H,18,19). The Morgan fingerprint density at radius 3 is 2.89 bits per heavy atom. The Kier molecular flexibility index (Phi) is 4.30. The third-order valence-electron chi connectivity index (χ3n) is 2.86. The van der Waals surface area contributed by atoms with E-state index in [4.69, 9.17) is 5.11 Å². The molecule has 5 heteroatoms. The molecule has 0 bridgehead atoms. The van der Waals surface area contributed by atoms with Crippen LogP contribution in [0.1, 0.15) is 18.9 Å². The first-order valence-electron chi connectivity index (χ1n) is 6.20. The maximum atomic E-state index is 10.6. The van der Waals surface area contributed by atoms with Crippen molar-refractivity contribution in [1.29, 1.82) is 0 Å². The highest BCUT2D eigenvalue weighted by Crippen LogP contribution is 2.13. The fourth-order valence-corrected chi connectivity index (χ4v) is 1.91. The average molecular weight is 259 g/mol. The van der Waals surface area contributed by atoms with Gasteiger partial charge in [-0.3, -0.25) is 4.79 Å². The van der Waals surface area contributed by atoms with E-state index < -0.39 is 5.97 Å². The minimum absolute atomic E-state index is 0.0665. The van der Waals surface area contributed by atoms with Crippen molar-refractivity contribution < 1.29 is 9.90 Å². The zero-order valence-electron chi connectivity index (χ0n) is 10.8. The number of nitrogens with one attached hydrogen (secondary N) is 1. The summed E-state index contributed by atoms with van der Waals surface area (Å²) >= 11 is 0. The number of hydrogen-bond donors (Lipinski definition) is 2. The van der Waals surface area contributed by atoms with Crippen LogP contribution in [0.15, 0.2) is 42.7 Å². The molecule has 1 unspecified atom stereocenters. The fourth-order valence-electron chi connectivity index (χ4n) is 1.91. The molecule has 0 aliphatic carbocycles. The number of rotatable bonds is 6. The smallest absolute Gasteiger partial charge is 0.304 e. The van der Waals surface area contributed by atoms with Crippen molar-refractivity contribution in [3.63, 3.8) is 0 Å². The third kappa shape index (κ3) is 3.66. The van der Waals surface area contributed by atoms with Crippen LogP contribution < -0.4 is 5.32 Å². The number of nitrogens with zero attached hydrogens (tertiary/aromatic N) is 2. The van der Waals surface area contributed by atoms with Gasteiger partial charge >= 0.3 is 5.97 Å². The number of para-hydroxylation sites is 1. The molecular weight excluding hydrogens is 242 g/mol. The van der Waals surface area contributed by atoms with Gasteiger partial charge in [-0.25, -0.2) is 4.68 Å². The molecule has 1 aromatic heterocycles. The van der Waals surface area contributed by atoms with E-state index in [1.807, 2.05) is 43.5 Å². The lowest BCUT2D eigenvalue weighted by molar-refractivity contribution is -0.137. The molecule has 1 aromatic carbocycles. The van der Waals surface area contributed by atoms with Crippen LogP contribution in [0.3, 0.4) is 0 Å². The molecule has 0 spiro atoms. The van der Waals surface area contributed by atoms with Crippen LogP contribution in [0.4, 0.5) is 0 Å². The molecule has 0 amide bonds. The molecule has 1 atom stereocenters. The first-order chi connectivity index (χ1) is 9.16. The van der Waals surface area contributed by atoms with Gasteiger partial charge < -0.3 is 10.4 Å². The number of benzene rings is 1. The summed E-state index contributed by atoms with van der Waals surface area (Å²) in [6, 6.07) is 9.73. The van der Waals surface area contributed by atoms with E-state index in [1.54, 1.807) is 10.9 Å². The first kappa shape index (κ1) is 13.3. The molecular formula is C14H17N3O2. The Hall–Kier alpha value is -2.14. The maximum absolute atomic E-state index is 10.6. The molecule has 2 rings (SSSR count). The predicted molar refractivity (Wildman–Crippen MR) is 72.1 cm³/mol. The number of aromatic nitrogens is 2. The van der Waals surface area contributed by atoms with Gasteiger partial charge in [0.05, 0.1) is 12.1 Å². The molecule has 2 aromatic rings. The van der Waals surface area contributed by atoms with E-state index in [1.165, 1.54) is 0 Å². The summed E-state index contributed by atoms with van der Waals surface area (Å²) < 4.78 is 1.80. The minimum atomic E-state index is -0.791. The van der Waals surface area contributed by atoms with Crippen molar-refractivity contribution in [2.24, 2.45) is 0 Å². The number of carbonyl (C=O) groups is 1. The van der Waals surface area contributed by atoms with Crippen LogP contribution in [0, 0.1) is 0 Å². The van der Waals surface area contributed by atoms with Gasteiger partial charge in [-0.05, 0) is 24.6 Å². The fraction of sp³-hybridized carbons (Fsp3) is 0.286. The summed E-state index contributed by atoms with van der Waals surface area (Å²) in [5, 5.41) is 16.2. The molecule has 0 saturated heterocycles. The molecule has 0 fully saturated rings. The average Bonchev–Trinajstić information content (AvgIpc) is 2.89. The van der Waals surface area contributed by atoms with E-state index >= 15 is 0 Å². The van der Waals surface area contributed by atoms with Crippen LogP contribution in [-0.2, 0) is 11.3 Å². The summed E-state index contributed by atoms with van der Waals surface area (Å²) in [6.45, 7) is 2.48. The normalized spacial score (nSPS) is 12.3. The lowest BCUT2D eigenvalue weighted by Crippen LogP contribution is -2.28. The van der Waals surface area contributed by atoms with Crippen molar-refractivity contribution in [2.45, 2.75) is 25.9 Å². The molecule has 19 heavy (non-hydrogen) atoms. The Morgan fingerprint density at radius 2 is 2.21 bits per heavy atom. The SMILES string of the molecule is CC(CC(=O)O)NCc1ccccc1-n1cccn1. The lowest BCUT2D eigenvalue weighted by Gasteiger charge is -2.14. The van der Waals surface area contributed by atoms with Crippen molar-refractivity contribution >= 4 is 5.97 Å². The van der Waals surface area contributed by atoms with Crippen LogP contribution in [0.5, 0.6) is 0 Å².